The van der Waals surface area contributed by atoms with E-state index in [2.05, 4.69) is 20.6 Å². The summed E-state index contributed by atoms with van der Waals surface area (Å²) in [5.74, 6) is -4.25. The zero-order chi connectivity index (χ0) is 32.5. The van der Waals surface area contributed by atoms with Crippen LogP contribution in [-0.2, 0) is 20.7 Å². The molecule has 3 aromatic rings. The van der Waals surface area contributed by atoms with E-state index in [4.69, 9.17) is 9.47 Å². The highest BCUT2D eigenvalue weighted by Gasteiger charge is 2.34. The number of hydrogen-bond donors (Lipinski definition) is 2. The van der Waals surface area contributed by atoms with E-state index in [9.17, 15) is 27.6 Å². The molecule has 13 heteroatoms. The van der Waals surface area contributed by atoms with Crippen LogP contribution in [0.5, 0.6) is 0 Å². The van der Waals surface area contributed by atoms with E-state index in [1.54, 1.807) is 20.8 Å². The highest BCUT2D eigenvalue weighted by atomic mass is 19.1. The van der Waals surface area contributed by atoms with E-state index in [1.165, 1.54) is 13.1 Å². The molecule has 238 valence electrons. The van der Waals surface area contributed by atoms with Crippen LogP contribution in [0.15, 0.2) is 36.5 Å². The average molecular weight is 626 g/mol. The Balaban J connectivity index is 1.47. The van der Waals surface area contributed by atoms with Gasteiger partial charge in [0.05, 0.1) is 28.8 Å². The Bertz CT molecular complexity index is 1620. The molecule has 3 heterocycles. The quantitative estimate of drug-likeness (QED) is 0.327. The number of pyridine rings is 2. The summed E-state index contributed by atoms with van der Waals surface area (Å²) in [7, 11) is 0. The molecule has 1 aromatic carbocycles. The van der Waals surface area contributed by atoms with Crippen molar-refractivity contribution in [1.29, 1.82) is 0 Å². The van der Waals surface area contributed by atoms with E-state index in [0.717, 1.165) is 42.3 Å². The maximum absolute atomic E-state index is 14.7. The Hall–Kier alpha value is -4.68. The maximum atomic E-state index is 14.7. The van der Waals surface area contributed by atoms with Crippen LogP contribution in [-0.4, -0.2) is 52.7 Å². The summed E-state index contributed by atoms with van der Waals surface area (Å²) < 4.78 is 54.5. The lowest BCUT2D eigenvalue weighted by Gasteiger charge is -2.37. The van der Waals surface area contributed by atoms with Crippen molar-refractivity contribution in [3.8, 4) is 11.3 Å². The molecule has 0 spiro atoms. The third kappa shape index (κ3) is 7.18. The number of nitrogens with zero attached hydrogens (tertiary/aromatic N) is 3. The molecular weight excluding hydrogens is 591 g/mol. The van der Waals surface area contributed by atoms with E-state index in [0.29, 0.717) is 49.4 Å². The van der Waals surface area contributed by atoms with Gasteiger partial charge in [0.25, 0.3) is 5.91 Å². The molecule has 10 nitrogen and oxygen atoms in total. The molecule has 2 aromatic heterocycles. The second-order valence-corrected chi connectivity index (χ2v) is 12.0. The third-order valence-corrected chi connectivity index (χ3v) is 7.44. The summed E-state index contributed by atoms with van der Waals surface area (Å²) in [6.07, 6.45) is 2.77. The second kappa shape index (κ2) is 12.7. The van der Waals surface area contributed by atoms with E-state index in [1.807, 2.05) is 4.90 Å². The van der Waals surface area contributed by atoms with Crippen molar-refractivity contribution >= 4 is 29.3 Å². The number of anilines is 2. The van der Waals surface area contributed by atoms with Gasteiger partial charge in [-0.15, -0.1) is 0 Å². The molecule has 2 atom stereocenters. The fourth-order valence-electron chi connectivity index (χ4n) is 5.69. The molecule has 0 bridgehead atoms. The number of carbonyl (C=O) groups excluding carboxylic acids is 3. The van der Waals surface area contributed by atoms with Crippen molar-refractivity contribution in [1.82, 2.24) is 15.3 Å². The van der Waals surface area contributed by atoms with Gasteiger partial charge in [-0.05, 0) is 70.7 Å². The first kappa shape index (κ1) is 31.7. The van der Waals surface area contributed by atoms with Gasteiger partial charge in [0, 0.05) is 31.6 Å². The van der Waals surface area contributed by atoms with Crippen molar-refractivity contribution < 1.29 is 37.0 Å². The molecule has 45 heavy (non-hydrogen) atoms. The number of aromatic nitrogens is 2. The Labute approximate surface area is 258 Å². The number of halogens is 3. The summed E-state index contributed by atoms with van der Waals surface area (Å²) in [6.45, 7) is 7.64. The van der Waals surface area contributed by atoms with Gasteiger partial charge in [0.15, 0.2) is 0 Å². The molecule has 0 radical (unpaired) electrons. The van der Waals surface area contributed by atoms with Gasteiger partial charge in [0.1, 0.15) is 40.5 Å². The predicted molar refractivity (Wildman–Crippen MR) is 159 cm³/mol. The highest BCUT2D eigenvalue weighted by molar-refractivity contribution is 6.05. The number of benzene rings is 1. The maximum Gasteiger partial charge on any atom is 0.407 e. The minimum Gasteiger partial charge on any atom is -0.456 e. The van der Waals surface area contributed by atoms with Crippen LogP contribution in [0.2, 0.25) is 0 Å². The fourth-order valence-corrected chi connectivity index (χ4v) is 5.69. The molecule has 1 aliphatic carbocycles. The van der Waals surface area contributed by atoms with Gasteiger partial charge < -0.3 is 25.0 Å². The third-order valence-electron chi connectivity index (χ3n) is 7.44. The van der Waals surface area contributed by atoms with Gasteiger partial charge in [-0.1, -0.05) is 6.07 Å². The van der Waals surface area contributed by atoms with Gasteiger partial charge in [-0.25, -0.2) is 22.9 Å². The lowest BCUT2D eigenvalue weighted by atomic mass is 10.0. The van der Waals surface area contributed by atoms with Crippen LogP contribution < -0.4 is 15.5 Å². The predicted octanol–water partition coefficient (Wildman–Crippen LogP) is 5.86. The molecule has 2 aliphatic rings. The Kier molecular flexibility index (Phi) is 8.98. The van der Waals surface area contributed by atoms with Gasteiger partial charge >= 0.3 is 12.1 Å². The van der Waals surface area contributed by atoms with Crippen molar-refractivity contribution in [2.24, 2.45) is 0 Å². The van der Waals surface area contributed by atoms with Crippen molar-refractivity contribution in [3.63, 3.8) is 0 Å². The lowest BCUT2D eigenvalue weighted by Crippen LogP contribution is -2.49. The number of amides is 2. The van der Waals surface area contributed by atoms with Gasteiger partial charge in [-0.3, -0.25) is 14.6 Å². The lowest BCUT2D eigenvalue weighted by molar-refractivity contribution is -0.146. The number of fused-ring (bicyclic) bond motifs is 1. The first-order chi connectivity index (χ1) is 21.3. The van der Waals surface area contributed by atoms with Gasteiger partial charge in [-0.2, -0.15) is 0 Å². The number of rotatable bonds is 6. The monoisotopic (exact) mass is 625 g/mol. The molecular formula is C32H34F3N5O5. The average Bonchev–Trinajstić information content (AvgIpc) is 3.34. The number of piperidine rings is 1. The van der Waals surface area contributed by atoms with Crippen LogP contribution in [0.1, 0.15) is 74.8 Å². The minimum absolute atomic E-state index is 0.261. The molecule has 5 rings (SSSR count). The van der Waals surface area contributed by atoms with Crippen LogP contribution in [0, 0.1) is 17.5 Å². The van der Waals surface area contributed by atoms with Gasteiger partial charge in [0.2, 0.25) is 0 Å². The summed E-state index contributed by atoms with van der Waals surface area (Å²) in [4.78, 5) is 48.3. The van der Waals surface area contributed by atoms with E-state index >= 15 is 0 Å². The second-order valence-electron chi connectivity index (χ2n) is 12.0. The summed E-state index contributed by atoms with van der Waals surface area (Å²) in [5.41, 5.74) is 0.0304. The molecule has 2 N–H and O–H groups in total. The number of alkyl carbamates (subject to hydrolysis) is 1. The van der Waals surface area contributed by atoms with Crippen molar-refractivity contribution in [3.05, 3.63) is 70.9 Å². The Morgan fingerprint density at radius 2 is 1.76 bits per heavy atom. The summed E-state index contributed by atoms with van der Waals surface area (Å²) in [6, 6.07) is 4.87. The smallest absolute Gasteiger partial charge is 0.407 e. The number of nitrogens with one attached hydrogen (secondary N) is 2. The van der Waals surface area contributed by atoms with E-state index in [-0.39, 0.29) is 11.7 Å². The SMILES string of the molecule is CC(=O)OC1CCc2c1ncc(NC(=O)c1ccc(F)c(-c3c(F)cccc3F)n1)c2N1CCCC(NC(=O)OC(C)(C)C)C1. The van der Waals surface area contributed by atoms with Crippen LogP contribution in [0.4, 0.5) is 29.3 Å². The molecule has 0 saturated carbocycles. The first-order valence-corrected chi connectivity index (χ1v) is 14.7. The number of carbonyl (C=O) groups is 3. The summed E-state index contributed by atoms with van der Waals surface area (Å²) in [5, 5.41) is 5.71. The molecule has 1 saturated heterocycles. The Morgan fingerprint density at radius 3 is 2.44 bits per heavy atom. The van der Waals surface area contributed by atoms with Crippen LogP contribution in [0.25, 0.3) is 11.3 Å². The zero-order valence-corrected chi connectivity index (χ0v) is 25.4. The zero-order valence-electron chi connectivity index (χ0n) is 25.4. The van der Waals surface area contributed by atoms with Crippen LogP contribution in [0.3, 0.4) is 0 Å². The molecule has 2 unspecified atom stereocenters. The van der Waals surface area contributed by atoms with Crippen molar-refractivity contribution in [2.75, 3.05) is 23.3 Å². The van der Waals surface area contributed by atoms with E-state index < -0.39 is 58.4 Å². The number of esters is 1. The molecule has 1 fully saturated rings. The molecule has 2 amide bonds. The standard InChI is InChI=1S/C32H34F3N5O5/c1-17(41)44-25-13-10-19-27(25)36-15-24(29(19)40-14-6-7-18(16-40)37-31(43)45-32(2,3)4)39-30(42)23-12-11-22(35)28(38-23)26-20(33)8-5-9-21(26)34/h5,8-9,11-12,15,18,25H,6-7,10,13-14,16H2,1-4H3,(H,37,43)(H,39,42). The van der Waals surface area contributed by atoms with Crippen molar-refractivity contribution in [2.45, 2.75) is 71.1 Å². The summed E-state index contributed by atoms with van der Waals surface area (Å²) >= 11 is 0. The van der Waals surface area contributed by atoms with Crippen LogP contribution >= 0.6 is 0 Å². The number of ether oxygens (including phenoxy) is 2. The normalized spacial score (nSPS) is 17.8. The highest BCUT2D eigenvalue weighted by Crippen LogP contribution is 2.43. The largest absolute Gasteiger partial charge is 0.456 e. The fraction of sp³-hybridized carbons (Fsp3) is 0.406. The number of hydrogen-bond acceptors (Lipinski definition) is 8. The topological polar surface area (TPSA) is 123 Å². The first-order valence-electron chi connectivity index (χ1n) is 14.7. The minimum atomic E-state index is -1.02. The Morgan fingerprint density at radius 1 is 1.02 bits per heavy atom. The molecule has 1 aliphatic heterocycles.